The lowest BCUT2D eigenvalue weighted by atomic mass is 10.1. The summed E-state index contributed by atoms with van der Waals surface area (Å²) < 4.78 is 0. The second kappa shape index (κ2) is 5.27. The van der Waals surface area contributed by atoms with Crippen molar-refractivity contribution in [3.05, 3.63) is 34.8 Å². The Hall–Kier alpha value is -2.08. The van der Waals surface area contributed by atoms with Crippen molar-refractivity contribution in [3.63, 3.8) is 0 Å². The van der Waals surface area contributed by atoms with Crippen molar-refractivity contribution in [3.8, 4) is 0 Å². The molecule has 0 aliphatic heterocycles. The predicted molar refractivity (Wildman–Crippen MR) is 80.0 cm³/mol. The van der Waals surface area contributed by atoms with Crippen molar-refractivity contribution >= 4 is 33.8 Å². The van der Waals surface area contributed by atoms with Crippen LogP contribution < -0.4 is 16.0 Å². The number of thiazole rings is 1. The van der Waals surface area contributed by atoms with Crippen molar-refractivity contribution in [2.24, 2.45) is 0 Å². The molecule has 0 saturated carbocycles. The Bertz CT molecular complexity index is 606. The third kappa shape index (κ3) is 3.03. The van der Waals surface area contributed by atoms with Crippen LogP contribution >= 0.6 is 11.3 Å². The van der Waals surface area contributed by atoms with Crippen LogP contribution in [-0.2, 0) is 0 Å². The molecule has 0 unspecified atom stereocenters. The smallest absolute Gasteiger partial charge is 0.275 e. The van der Waals surface area contributed by atoms with E-state index in [0.29, 0.717) is 10.8 Å². The van der Waals surface area contributed by atoms with Gasteiger partial charge in [0.05, 0.1) is 0 Å². The van der Waals surface area contributed by atoms with Gasteiger partial charge in [0.25, 0.3) is 5.91 Å². The van der Waals surface area contributed by atoms with E-state index in [1.54, 1.807) is 5.38 Å². The SMILES string of the molecule is Cc1ccc(NC(=O)c2csc(N)n2)cc1N(C)C. The van der Waals surface area contributed by atoms with E-state index in [2.05, 4.69) is 10.3 Å². The van der Waals surface area contributed by atoms with Gasteiger partial charge < -0.3 is 16.0 Å². The summed E-state index contributed by atoms with van der Waals surface area (Å²) in [5.41, 5.74) is 8.82. The van der Waals surface area contributed by atoms with Gasteiger partial charge in [0.2, 0.25) is 0 Å². The molecule has 0 aliphatic carbocycles. The molecule has 1 aromatic carbocycles. The molecule has 0 aliphatic rings. The van der Waals surface area contributed by atoms with Crippen LogP contribution in [-0.4, -0.2) is 25.0 Å². The van der Waals surface area contributed by atoms with Crippen molar-refractivity contribution in [1.82, 2.24) is 4.98 Å². The van der Waals surface area contributed by atoms with E-state index in [0.717, 1.165) is 16.9 Å². The van der Waals surface area contributed by atoms with Crippen molar-refractivity contribution in [1.29, 1.82) is 0 Å². The predicted octanol–water partition coefficient (Wildman–Crippen LogP) is 2.35. The molecule has 0 bridgehead atoms. The van der Waals surface area contributed by atoms with Crippen LogP contribution in [0.15, 0.2) is 23.6 Å². The summed E-state index contributed by atoms with van der Waals surface area (Å²) in [5.74, 6) is -0.249. The first-order valence-corrected chi connectivity index (χ1v) is 6.65. The quantitative estimate of drug-likeness (QED) is 0.902. The van der Waals surface area contributed by atoms with E-state index >= 15 is 0 Å². The molecule has 0 saturated heterocycles. The van der Waals surface area contributed by atoms with Gasteiger partial charge in [-0.25, -0.2) is 4.98 Å². The van der Waals surface area contributed by atoms with Crippen LogP contribution in [0.25, 0.3) is 0 Å². The van der Waals surface area contributed by atoms with Crippen LogP contribution in [0.1, 0.15) is 16.1 Å². The fraction of sp³-hybridized carbons (Fsp3) is 0.231. The fourth-order valence-electron chi connectivity index (χ4n) is 1.76. The Morgan fingerprint density at radius 1 is 1.42 bits per heavy atom. The number of aryl methyl sites for hydroxylation is 1. The van der Waals surface area contributed by atoms with Gasteiger partial charge in [-0.1, -0.05) is 6.07 Å². The largest absolute Gasteiger partial charge is 0.377 e. The molecule has 2 aromatic rings. The van der Waals surface area contributed by atoms with Crippen molar-refractivity contribution in [2.45, 2.75) is 6.92 Å². The molecule has 6 heteroatoms. The number of rotatable bonds is 3. The lowest BCUT2D eigenvalue weighted by Gasteiger charge is -2.17. The van der Waals surface area contributed by atoms with E-state index in [-0.39, 0.29) is 5.91 Å². The van der Waals surface area contributed by atoms with Gasteiger partial charge in [0.1, 0.15) is 5.69 Å². The first-order valence-electron chi connectivity index (χ1n) is 5.77. The molecule has 1 amide bonds. The molecule has 3 N–H and O–H groups in total. The molecule has 100 valence electrons. The molecule has 1 heterocycles. The molecular formula is C13H16N4OS. The number of amides is 1. The number of carbonyl (C=O) groups is 1. The third-order valence-electron chi connectivity index (χ3n) is 2.70. The highest BCUT2D eigenvalue weighted by Gasteiger charge is 2.11. The minimum Gasteiger partial charge on any atom is -0.377 e. The molecule has 1 aromatic heterocycles. The van der Waals surface area contributed by atoms with E-state index in [1.165, 1.54) is 11.3 Å². The zero-order chi connectivity index (χ0) is 14.0. The second-order valence-corrected chi connectivity index (χ2v) is 5.31. The minimum atomic E-state index is -0.249. The highest BCUT2D eigenvalue weighted by Crippen LogP contribution is 2.23. The molecule has 0 atom stereocenters. The van der Waals surface area contributed by atoms with Crippen molar-refractivity contribution < 1.29 is 4.79 Å². The number of aromatic nitrogens is 1. The maximum absolute atomic E-state index is 12.0. The lowest BCUT2D eigenvalue weighted by Crippen LogP contribution is -2.14. The highest BCUT2D eigenvalue weighted by atomic mass is 32.1. The van der Waals surface area contributed by atoms with Gasteiger partial charge in [-0.3, -0.25) is 4.79 Å². The van der Waals surface area contributed by atoms with E-state index in [9.17, 15) is 4.79 Å². The standard InChI is InChI=1S/C13H16N4OS/c1-8-4-5-9(6-11(8)17(2)3)15-12(18)10-7-19-13(14)16-10/h4-7H,1-3H3,(H2,14,16)(H,15,18). The number of nitrogen functional groups attached to an aromatic ring is 1. The van der Waals surface area contributed by atoms with Gasteiger partial charge in [0.15, 0.2) is 5.13 Å². The van der Waals surface area contributed by atoms with E-state index in [4.69, 9.17) is 5.73 Å². The maximum atomic E-state index is 12.0. The molecule has 2 rings (SSSR count). The maximum Gasteiger partial charge on any atom is 0.275 e. The summed E-state index contributed by atoms with van der Waals surface area (Å²) in [4.78, 5) is 17.9. The molecule has 0 radical (unpaired) electrons. The van der Waals surface area contributed by atoms with Crippen LogP contribution in [0.3, 0.4) is 0 Å². The Morgan fingerprint density at radius 3 is 2.74 bits per heavy atom. The summed E-state index contributed by atoms with van der Waals surface area (Å²) in [5, 5.41) is 4.85. The van der Waals surface area contributed by atoms with Gasteiger partial charge in [-0.2, -0.15) is 0 Å². The zero-order valence-electron chi connectivity index (χ0n) is 11.1. The lowest BCUT2D eigenvalue weighted by molar-refractivity contribution is 0.102. The normalized spacial score (nSPS) is 10.3. The van der Waals surface area contributed by atoms with Crippen LogP contribution in [0.2, 0.25) is 0 Å². The number of nitrogens with zero attached hydrogens (tertiary/aromatic N) is 2. The topological polar surface area (TPSA) is 71.2 Å². The Kier molecular flexibility index (Phi) is 3.71. The van der Waals surface area contributed by atoms with Gasteiger partial charge in [-0.05, 0) is 24.6 Å². The number of carbonyl (C=O) groups excluding carboxylic acids is 1. The summed E-state index contributed by atoms with van der Waals surface area (Å²) in [7, 11) is 3.93. The summed E-state index contributed by atoms with van der Waals surface area (Å²) >= 11 is 1.25. The summed E-state index contributed by atoms with van der Waals surface area (Å²) in [6, 6.07) is 5.78. The molecular weight excluding hydrogens is 260 g/mol. The number of benzene rings is 1. The first kappa shape index (κ1) is 13.4. The molecule has 0 fully saturated rings. The molecule has 5 nitrogen and oxygen atoms in total. The average molecular weight is 276 g/mol. The number of nitrogens with two attached hydrogens (primary N) is 1. The van der Waals surface area contributed by atoms with Crippen molar-refractivity contribution in [2.75, 3.05) is 30.0 Å². The second-order valence-electron chi connectivity index (χ2n) is 4.42. The Morgan fingerprint density at radius 2 is 2.16 bits per heavy atom. The van der Waals surface area contributed by atoms with Gasteiger partial charge in [-0.15, -0.1) is 11.3 Å². The van der Waals surface area contributed by atoms with E-state index in [1.807, 2.05) is 44.1 Å². The Balaban J connectivity index is 2.20. The number of hydrogen-bond donors (Lipinski definition) is 2. The monoisotopic (exact) mass is 276 g/mol. The van der Waals surface area contributed by atoms with Crippen LogP contribution in [0.5, 0.6) is 0 Å². The number of anilines is 3. The van der Waals surface area contributed by atoms with E-state index < -0.39 is 0 Å². The summed E-state index contributed by atoms with van der Waals surface area (Å²) in [6.45, 7) is 2.03. The highest BCUT2D eigenvalue weighted by molar-refractivity contribution is 7.13. The zero-order valence-corrected chi connectivity index (χ0v) is 11.9. The number of nitrogens with one attached hydrogen (secondary N) is 1. The minimum absolute atomic E-state index is 0.249. The van der Waals surface area contributed by atoms with Crippen LogP contribution in [0, 0.1) is 6.92 Å². The summed E-state index contributed by atoms with van der Waals surface area (Å²) in [6.07, 6.45) is 0. The number of hydrogen-bond acceptors (Lipinski definition) is 5. The first-order chi connectivity index (χ1) is 8.97. The molecule has 0 spiro atoms. The Labute approximate surface area is 116 Å². The third-order valence-corrected chi connectivity index (χ3v) is 3.38. The molecule has 19 heavy (non-hydrogen) atoms. The van der Waals surface area contributed by atoms with Crippen LogP contribution in [0.4, 0.5) is 16.5 Å². The average Bonchev–Trinajstić information content (AvgIpc) is 2.78. The van der Waals surface area contributed by atoms with Gasteiger partial charge >= 0.3 is 0 Å². The van der Waals surface area contributed by atoms with Gasteiger partial charge in [0, 0.05) is 30.9 Å². The fourth-order valence-corrected chi connectivity index (χ4v) is 2.30.